The second-order valence-electron chi connectivity index (χ2n) is 4.08. The molecular formula is C14H17NO2. The first kappa shape index (κ1) is 11.7. The number of hydrogen-bond donors (Lipinski definition) is 0. The fourth-order valence-corrected chi connectivity index (χ4v) is 2.12. The van der Waals surface area contributed by atoms with E-state index in [4.69, 9.17) is 4.74 Å². The zero-order valence-corrected chi connectivity index (χ0v) is 10.1. The summed E-state index contributed by atoms with van der Waals surface area (Å²) in [6.07, 6.45) is 1.28. The van der Waals surface area contributed by atoms with E-state index in [9.17, 15) is 4.79 Å². The molecule has 2 rings (SSSR count). The van der Waals surface area contributed by atoms with Crippen molar-refractivity contribution in [3.05, 3.63) is 42.1 Å². The van der Waals surface area contributed by atoms with Gasteiger partial charge in [0.1, 0.15) is 0 Å². The molecule has 0 unspecified atom stereocenters. The normalized spacial score (nSPS) is 13.7. The highest BCUT2D eigenvalue weighted by atomic mass is 16.5. The number of allylic oxidation sites excluding steroid dienone is 1. The number of rotatable bonds is 4. The molecule has 0 N–H and O–H groups in total. The van der Waals surface area contributed by atoms with Crippen LogP contribution in [0.4, 0.5) is 5.69 Å². The maximum atomic E-state index is 11.3. The molecule has 90 valence electrons. The number of ether oxygens (including phenoxy) is 1. The molecule has 3 heteroatoms. The number of hydrogen-bond acceptors (Lipinski definition) is 3. The van der Waals surface area contributed by atoms with Crippen molar-refractivity contribution in [2.24, 2.45) is 0 Å². The molecule has 1 heterocycles. The van der Waals surface area contributed by atoms with Crippen LogP contribution in [-0.4, -0.2) is 19.1 Å². The molecule has 3 nitrogen and oxygen atoms in total. The largest absolute Gasteiger partial charge is 0.466 e. The lowest BCUT2D eigenvalue weighted by Crippen LogP contribution is -2.22. The average molecular weight is 231 g/mol. The summed E-state index contributed by atoms with van der Waals surface area (Å²) in [5.74, 6) is -0.148. The van der Waals surface area contributed by atoms with Crippen LogP contribution in [-0.2, 0) is 16.0 Å². The van der Waals surface area contributed by atoms with E-state index < -0.39 is 0 Å². The number of carbonyl (C=O) groups excluding carboxylic acids is 1. The third-order valence-corrected chi connectivity index (χ3v) is 2.90. The highest BCUT2D eigenvalue weighted by Gasteiger charge is 2.22. The summed E-state index contributed by atoms with van der Waals surface area (Å²) in [4.78, 5) is 13.4. The van der Waals surface area contributed by atoms with Crippen LogP contribution in [0.25, 0.3) is 0 Å². The molecule has 0 radical (unpaired) electrons. The summed E-state index contributed by atoms with van der Waals surface area (Å²) in [5, 5.41) is 0. The zero-order valence-electron chi connectivity index (χ0n) is 10.1. The summed E-state index contributed by atoms with van der Waals surface area (Å²) < 4.78 is 4.93. The Morgan fingerprint density at radius 2 is 2.24 bits per heavy atom. The molecule has 0 saturated carbocycles. The van der Waals surface area contributed by atoms with E-state index in [0.717, 1.165) is 12.1 Å². The first-order chi connectivity index (χ1) is 8.22. The highest BCUT2D eigenvalue weighted by Crippen LogP contribution is 2.33. The minimum Gasteiger partial charge on any atom is -0.466 e. The maximum Gasteiger partial charge on any atom is 0.307 e. The number of nitrogens with zero attached hydrogens (tertiary/aromatic N) is 1. The molecule has 1 aliphatic rings. The van der Waals surface area contributed by atoms with Crippen LogP contribution in [0.2, 0.25) is 0 Å². The van der Waals surface area contributed by atoms with Crippen molar-refractivity contribution in [1.29, 1.82) is 0 Å². The van der Waals surface area contributed by atoms with Gasteiger partial charge in [-0.3, -0.25) is 4.79 Å². The van der Waals surface area contributed by atoms with Gasteiger partial charge in [-0.1, -0.05) is 24.8 Å². The Balaban J connectivity index is 2.02. The molecule has 1 aliphatic heterocycles. The third-order valence-electron chi connectivity index (χ3n) is 2.90. The van der Waals surface area contributed by atoms with Crippen molar-refractivity contribution in [3.8, 4) is 0 Å². The number of fused-ring (bicyclic) bond motifs is 1. The van der Waals surface area contributed by atoms with E-state index in [-0.39, 0.29) is 5.97 Å². The summed E-state index contributed by atoms with van der Waals surface area (Å²) in [6.45, 7) is 6.96. The average Bonchev–Trinajstić information content (AvgIpc) is 2.62. The van der Waals surface area contributed by atoms with Crippen LogP contribution >= 0.6 is 0 Å². The number of carbonyl (C=O) groups is 1. The number of benzene rings is 1. The lowest BCUT2D eigenvalue weighted by Gasteiger charge is -2.20. The van der Waals surface area contributed by atoms with Crippen LogP contribution in [0.1, 0.15) is 18.9 Å². The summed E-state index contributed by atoms with van der Waals surface area (Å²) in [6, 6.07) is 8.21. The van der Waals surface area contributed by atoms with Crippen LogP contribution in [0.3, 0.4) is 0 Å². The maximum absolute atomic E-state index is 11.3. The second-order valence-corrected chi connectivity index (χ2v) is 4.08. The van der Waals surface area contributed by atoms with Gasteiger partial charge in [0.05, 0.1) is 13.0 Å². The summed E-state index contributed by atoms with van der Waals surface area (Å²) in [7, 11) is 0. The van der Waals surface area contributed by atoms with E-state index >= 15 is 0 Å². The molecule has 0 aromatic heterocycles. The van der Waals surface area contributed by atoms with E-state index in [1.807, 2.05) is 19.1 Å². The summed E-state index contributed by atoms with van der Waals surface area (Å²) >= 11 is 0. The SMILES string of the molecule is C=C1Cc2ccccc2N1CCC(=O)OCC. The van der Waals surface area contributed by atoms with Gasteiger partial charge in [-0.15, -0.1) is 0 Å². The van der Waals surface area contributed by atoms with Gasteiger partial charge in [-0.25, -0.2) is 0 Å². The van der Waals surface area contributed by atoms with Crippen LogP contribution in [0.5, 0.6) is 0 Å². The minimum absolute atomic E-state index is 0.148. The Kier molecular flexibility index (Phi) is 3.47. The van der Waals surface area contributed by atoms with Crippen molar-refractivity contribution in [3.63, 3.8) is 0 Å². The van der Waals surface area contributed by atoms with Gasteiger partial charge in [-0.2, -0.15) is 0 Å². The van der Waals surface area contributed by atoms with Gasteiger partial charge in [0, 0.05) is 24.4 Å². The van der Waals surface area contributed by atoms with E-state index in [2.05, 4.69) is 23.6 Å². The summed E-state index contributed by atoms with van der Waals surface area (Å²) in [5.41, 5.74) is 3.50. The standard InChI is InChI=1S/C14H17NO2/c1-3-17-14(16)8-9-15-11(2)10-12-6-4-5-7-13(12)15/h4-7H,2-3,8-10H2,1H3. The molecule has 0 fully saturated rings. The van der Waals surface area contributed by atoms with Crippen LogP contribution < -0.4 is 4.90 Å². The van der Waals surface area contributed by atoms with E-state index in [1.54, 1.807) is 0 Å². The number of anilines is 1. The fourth-order valence-electron chi connectivity index (χ4n) is 2.12. The predicted octanol–water partition coefficient (Wildman–Crippen LogP) is 2.52. The molecule has 0 amide bonds. The lowest BCUT2D eigenvalue weighted by molar-refractivity contribution is -0.142. The quantitative estimate of drug-likeness (QED) is 0.746. The van der Waals surface area contributed by atoms with Crippen molar-refractivity contribution in [2.75, 3.05) is 18.1 Å². The molecular weight excluding hydrogens is 214 g/mol. The van der Waals surface area contributed by atoms with Crippen molar-refractivity contribution in [1.82, 2.24) is 0 Å². The Bertz CT molecular complexity index is 440. The fraction of sp³-hybridized carbons (Fsp3) is 0.357. The molecule has 0 atom stereocenters. The Morgan fingerprint density at radius 1 is 1.47 bits per heavy atom. The highest BCUT2D eigenvalue weighted by molar-refractivity contribution is 5.72. The second kappa shape index (κ2) is 5.04. The first-order valence-electron chi connectivity index (χ1n) is 5.91. The molecule has 0 bridgehead atoms. The monoisotopic (exact) mass is 231 g/mol. The van der Waals surface area contributed by atoms with Gasteiger partial charge in [0.15, 0.2) is 0 Å². The molecule has 17 heavy (non-hydrogen) atoms. The van der Waals surface area contributed by atoms with Crippen molar-refractivity contribution < 1.29 is 9.53 Å². The van der Waals surface area contributed by atoms with Gasteiger partial charge >= 0.3 is 5.97 Å². The van der Waals surface area contributed by atoms with Gasteiger partial charge in [-0.05, 0) is 18.6 Å². The predicted molar refractivity (Wildman–Crippen MR) is 67.9 cm³/mol. The number of para-hydroxylation sites is 1. The van der Waals surface area contributed by atoms with Gasteiger partial charge in [0.25, 0.3) is 0 Å². The Hall–Kier alpha value is -1.77. The Morgan fingerprint density at radius 3 is 3.00 bits per heavy atom. The number of esters is 1. The molecule has 1 aromatic carbocycles. The van der Waals surface area contributed by atoms with Gasteiger partial charge in [0.2, 0.25) is 0 Å². The molecule has 0 saturated heterocycles. The van der Waals surface area contributed by atoms with E-state index in [0.29, 0.717) is 19.6 Å². The first-order valence-corrected chi connectivity index (χ1v) is 5.91. The van der Waals surface area contributed by atoms with Crippen LogP contribution in [0, 0.1) is 0 Å². The van der Waals surface area contributed by atoms with Crippen molar-refractivity contribution >= 4 is 11.7 Å². The third kappa shape index (κ3) is 2.49. The van der Waals surface area contributed by atoms with Gasteiger partial charge < -0.3 is 9.64 Å². The zero-order chi connectivity index (χ0) is 12.3. The smallest absolute Gasteiger partial charge is 0.307 e. The van der Waals surface area contributed by atoms with Crippen LogP contribution in [0.15, 0.2) is 36.5 Å². The topological polar surface area (TPSA) is 29.5 Å². The molecule has 0 spiro atoms. The van der Waals surface area contributed by atoms with Crippen molar-refractivity contribution in [2.45, 2.75) is 19.8 Å². The van der Waals surface area contributed by atoms with E-state index in [1.165, 1.54) is 11.3 Å². The minimum atomic E-state index is -0.148. The molecule has 1 aromatic rings. The molecule has 0 aliphatic carbocycles. The Labute approximate surface area is 102 Å². The lowest BCUT2D eigenvalue weighted by atomic mass is 10.1.